The number of ketones is 1. The largest absolute Gasteiger partial charge is 0.507 e. The number of nitrogens with zero attached hydrogens (tertiary/aromatic N) is 1. The van der Waals surface area contributed by atoms with Gasteiger partial charge in [0.15, 0.2) is 0 Å². The summed E-state index contributed by atoms with van der Waals surface area (Å²) >= 11 is 0. The van der Waals surface area contributed by atoms with E-state index in [0.29, 0.717) is 18.5 Å². The van der Waals surface area contributed by atoms with Gasteiger partial charge in [-0.15, -0.1) is 0 Å². The van der Waals surface area contributed by atoms with Crippen molar-refractivity contribution in [3.8, 4) is 5.75 Å². The molecule has 4 rings (SSSR count). The molecular formula is C29H31NO4. The van der Waals surface area contributed by atoms with Crippen molar-refractivity contribution < 1.29 is 19.4 Å². The number of methoxy groups -OCH3 is 1. The van der Waals surface area contributed by atoms with E-state index < -0.39 is 17.7 Å². The first-order chi connectivity index (χ1) is 16.3. The smallest absolute Gasteiger partial charge is 0.295 e. The van der Waals surface area contributed by atoms with Crippen LogP contribution in [-0.4, -0.2) is 35.4 Å². The molecule has 176 valence electrons. The maximum absolute atomic E-state index is 13.3. The van der Waals surface area contributed by atoms with E-state index in [2.05, 4.69) is 0 Å². The van der Waals surface area contributed by atoms with Gasteiger partial charge in [-0.25, -0.2) is 0 Å². The molecule has 5 nitrogen and oxygen atoms in total. The normalized spacial score (nSPS) is 17.7. The summed E-state index contributed by atoms with van der Waals surface area (Å²) in [5, 5.41) is 13.6. The lowest BCUT2D eigenvalue weighted by Gasteiger charge is -2.26. The molecule has 5 heteroatoms. The van der Waals surface area contributed by atoms with Crippen LogP contribution in [0.4, 0.5) is 0 Å². The average Bonchev–Trinajstić information content (AvgIpc) is 3.08. The molecule has 1 fully saturated rings. The maximum atomic E-state index is 13.3. The van der Waals surface area contributed by atoms with Crippen LogP contribution in [0.15, 0.2) is 60.2 Å². The number of rotatable bonds is 6. The number of carbonyl (C=O) groups is 2. The summed E-state index contributed by atoms with van der Waals surface area (Å²) in [5.74, 6) is -0.474. The summed E-state index contributed by atoms with van der Waals surface area (Å²) in [5.41, 5.74) is 3.22. The van der Waals surface area contributed by atoms with Crippen LogP contribution in [-0.2, 0) is 9.59 Å². The van der Waals surface area contributed by atoms with Crippen LogP contribution in [0.1, 0.15) is 61.4 Å². The fourth-order valence-corrected chi connectivity index (χ4v) is 4.89. The number of Topliss-reactive ketones (excluding diaryl/α,β-unsaturated/α-hetero) is 1. The number of amides is 1. The topological polar surface area (TPSA) is 66.8 Å². The van der Waals surface area contributed by atoms with Crippen LogP contribution in [0.2, 0.25) is 0 Å². The summed E-state index contributed by atoms with van der Waals surface area (Å²) in [6.45, 7) is 8.37. The summed E-state index contributed by atoms with van der Waals surface area (Å²) < 4.78 is 5.55. The molecule has 0 aromatic heterocycles. The number of benzene rings is 3. The molecule has 1 amide bonds. The minimum Gasteiger partial charge on any atom is -0.507 e. The Labute approximate surface area is 200 Å². The van der Waals surface area contributed by atoms with Gasteiger partial charge < -0.3 is 14.7 Å². The number of aliphatic hydroxyl groups excluding tert-OH is 1. The number of fused-ring (bicyclic) bond motifs is 1. The van der Waals surface area contributed by atoms with E-state index in [1.807, 2.05) is 82.3 Å². The highest BCUT2D eigenvalue weighted by Crippen LogP contribution is 2.43. The maximum Gasteiger partial charge on any atom is 0.295 e. The molecule has 1 aliphatic heterocycles. The minimum atomic E-state index is -0.657. The molecule has 3 aromatic rings. The van der Waals surface area contributed by atoms with Gasteiger partial charge in [-0.3, -0.25) is 9.59 Å². The lowest BCUT2D eigenvalue weighted by Crippen LogP contribution is -2.30. The quantitative estimate of drug-likeness (QED) is 0.275. The highest BCUT2D eigenvalue weighted by molar-refractivity contribution is 6.46. The molecule has 3 aromatic carbocycles. The predicted molar refractivity (Wildman–Crippen MR) is 135 cm³/mol. The van der Waals surface area contributed by atoms with Crippen LogP contribution < -0.4 is 4.74 Å². The van der Waals surface area contributed by atoms with Gasteiger partial charge in [-0.1, -0.05) is 63.2 Å². The molecule has 0 bridgehead atoms. The van der Waals surface area contributed by atoms with Gasteiger partial charge in [0.25, 0.3) is 11.7 Å². The second-order valence-electron chi connectivity index (χ2n) is 9.12. The molecular weight excluding hydrogens is 426 g/mol. The Hall–Kier alpha value is -3.60. The summed E-state index contributed by atoms with van der Waals surface area (Å²) in [4.78, 5) is 28.1. The van der Waals surface area contributed by atoms with Crippen molar-refractivity contribution in [3.63, 3.8) is 0 Å². The fraction of sp³-hybridized carbons (Fsp3) is 0.310. The molecule has 1 unspecified atom stereocenters. The summed E-state index contributed by atoms with van der Waals surface area (Å²) in [7, 11) is 1.62. The minimum absolute atomic E-state index is 0.137. The molecule has 1 saturated heterocycles. The van der Waals surface area contributed by atoms with Gasteiger partial charge in [0.2, 0.25) is 0 Å². The third-order valence-electron chi connectivity index (χ3n) is 6.58. The van der Waals surface area contributed by atoms with Gasteiger partial charge in [-0.05, 0) is 58.9 Å². The average molecular weight is 458 g/mol. The molecule has 0 aliphatic carbocycles. The van der Waals surface area contributed by atoms with Gasteiger partial charge >= 0.3 is 0 Å². The van der Waals surface area contributed by atoms with Crippen LogP contribution in [0, 0.1) is 6.92 Å². The Kier molecular flexibility index (Phi) is 6.47. The fourth-order valence-electron chi connectivity index (χ4n) is 4.89. The van der Waals surface area contributed by atoms with Gasteiger partial charge in [0, 0.05) is 12.1 Å². The second kappa shape index (κ2) is 9.34. The Morgan fingerprint density at radius 1 is 1.09 bits per heavy atom. The van der Waals surface area contributed by atoms with Gasteiger partial charge in [0.1, 0.15) is 11.5 Å². The Bertz CT molecular complexity index is 1300. The Morgan fingerprint density at radius 2 is 1.79 bits per heavy atom. The van der Waals surface area contributed by atoms with Crippen molar-refractivity contribution in [1.29, 1.82) is 0 Å². The van der Waals surface area contributed by atoms with E-state index in [1.54, 1.807) is 12.0 Å². The first-order valence-electron chi connectivity index (χ1n) is 11.7. The van der Waals surface area contributed by atoms with Crippen LogP contribution in [0.5, 0.6) is 5.75 Å². The van der Waals surface area contributed by atoms with E-state index in [1.165, 1.54) is 0 Å². The van der Waals surface area contributed by atoms with E-state index in [4.69, 9.17) is 4.74 Å². The van der Waals surface area contributed by atoms with Crippen molar-refractivity contribution in [1.82, 2.24) is 4.90 Å². The third-order valence-corrected chi connectivity index (χ3v) is 6.58. The van der Waals surface area contributed by atoms with E-state index in [9.17, 15) is 14.7 Å². The van der Waals surface area contributed by atoms with Crippen LogP contribution >= 0.6 is 0 Å². The van der Waals surface area contributed by atoms with E-state index >= 15 is 0 Å². The lowest BCUT2D eigenvalue weighted by atomic mass is 9.89. The van der Waals surface area contributed by atoms with Gasteiger partial charge in [-0.2, -0.15) is 0 Å². The second-order valence-corrected chi connectivity index (χ2v) is 9.12. The van der Waals surface area contributed by atoms with Crippen LogP contribution in [0.25, 0.3) is 16.5 Å². The number of aryl methyl sites for hydroxylation is 1. The molecule has 1 N–H and O–H groups in total. The zero-order valence-corrected chi connectivity index (χ0v) is 20.4. The Morgan fingerprint density at radius 3 is 2.47 bits per heavy atom. The standard InChI is InChI=1S/C29H31NO4/c1-6-14-30-26(21-13-9-11-19-10-7-8-12-20(19)21)25(28(32)29(30)33)27(31)23-16-22(17(2)3)24(34-5)15-18(23)4/h7-13,15-17,26,31H,6,14H2,1-5H3/b27-25+. The van der Waals surface area contributed by atoms with Crippen molar-refractivity contribution in [2.75, 3.05) is 13.7 Å². The molecule has 0 radical (unpaired) electrons. The number of hydrogen-bond acceptors (Lipinski definition) is 4. The number of carbonyl (C=O) groups excluding carboxylic acids is 2. The van der Waals surface area contributed by atoms with Crippen molar-refractivity contribution in [3.05, 3.63) is 82.4 Å². The number of hydrogen-bond donors (Lipinski definition) is 1. The zero-order valence-electron chi connectivity index (χ0n) is 20.4. The van der Waals surface area contributed by atoms with Crippen LogP contribution in [0.3, 0.4) is 0 Å². The molecule has 1 atom stereocenters. The van der Waals surface area contributed by atoms with E-state index in [0.717, 1.165) is 33.2 Å². The number of likely N-dealkylation sites (tertiary alicyclic amines) is 1. The molecule has 1 heterocycles. The lowest BCUT2D eigenvalue weighted by molar-refractivity contribution is -0.139. The highest BCUT2D eigenvalue weighted by Gasteiger charge is 2.46. The van der Waals surface area contributed by atoms with Crippen molar-refractivity contribution in [2.45, 2.75) is 46.1 Å². The number of ether oxygens (including phenoxy) is 1. The number of aliphatic hydroxyl groups is 1. The molecule has 0 spiro atoms. The Balaban J connectivity index is 2.00. The van der Waals surface area contributed by atoms with E-state index in [-0.39, 0.29) is 17.3 Å². The predicted octanol–water partition coefficient (Wildman–Crippen LogP) is 6.11. The SMILES string of the molecule is CCCN1C(=O)C(=O)/C(=C(/O)c2cc(C(C)C)c(OC)cc2C)C1c1cccc2ccccc12. The first-order valence-corrected chi connectivity index (χ1v) is 11.7. The monoisotopic (exact) mass is 457 g/mol. The summed E-state index contributed by atoms with van der Waals surface area (Å²) in [6.07, 6.45) is 0.702. The molecule has 34 heavy (non-hydrogen) atoms. The molecule has 1 aliphatic rings. The first kappa shape index (κ1) is 23.6. The van der Waals surface area contributed by atoms with Gasteiger partial charge in [0.05, 0.1) is 18.7 Å². The highest BCUT2D eigenvalue weighted by atomic mass is 16.5. The summed E-state index contributed by atoms with van der Waals surface area (Å²) in [6, 6.07) is 16.9. The van der Waals surface area contributed by atoms with Crippen molar-refractivity contribution >= 4 is 28.2 Å². The third kappa shape index (κ3) is 3.85. The van der Waals surface area contributed by atoms with Crippen molar-refractivity contribution in [2.24, 2.45) is 0 Å². The zero-order chi connectivity index (χ0) is 24.6. The molecule has 0 saturated carbocycles.